The molecule has 0 spiro atoms. The lowest BCUT2D eigenvalue weighted by Gasteiger charge is -2.40. The van der Waals surface area contributed by atoms with Crippen molar-refractivity contribution in [1.29, 1.82) is 5.26 Å². The van der Waals surface area contributed by atoms with Crippen molar-refractivity contribution in [2.45, 2.75) is 97.4 Å². The highest BCUT2D eigenvalue weighted by molar-refractivity contribution is 7.50. The van der Waals surface area contributed by atoms with E-state index in [0.29, 0.717) is 37.1 Å². The molecule has 2 heterocycles. The van der Waals surface area contributed by atoms with E-state index >= 15 is 0 Å². The van der Waals surface area contributed by atoms with Crippen LogP contribution in [0.5, 0.6) is 0 Å². The molecule has 1 aromatic heterocycles. The summed E-state index contributed by atoms with van der Waals surface area (Å²) >= 11 is 0. The summed E-state index contributed by atoms with van der Waals surface area (Å²) in [6.07, 6.45) is 2.16. The molecule has 0 bridgehead atoms. The van der Waals surface area contributed by atoms with Crippen LogP contribution in [0.3, 0.4) is 0 Å². The van der Waals surface area contributed by atoms with Crippen LogP contribution in [-0.4, -0.2) is 88.8 Å². The number of ether oxygens (including phenoxy) is 2. The van der Waals surface area contributed by atoms with Crippen molar-refractivity contribution in [3.63, 3.8) is 0 Å². The lowest BCUT2D eigenvalue weighted by molar-refractivity contribution is -0.0710. The monoisotopic (exact) mass is 628 g/mol. The zero-order chi connectivity index (χ0) is 32.4. The molecule has 44 heavy (non-hydrogen) atoms. The maximum atomic E-state index is 13.5. The van der Waals surface area contributed by atoms with Gasteiger partial charge in [0.15, 0.2) is 6.23 Å². The minimum absolute atomic E-state index is 0.202. The molecule has 3 rings (SSSR count). The molecule has 1 unspecified atom stereocenters. The Labute approximate surface area is 263 Å². The van der Waals surface area contributed by atoms with Gasteiger partial charge in [0.1, 0.15) is 26.3 Å². The highest BCUT2D eigenvalue weighted by Gasteiger charge is 2.49. The van der Waals surface area contributed by atoms with Crippen LogP contribution >= 0.6 is 8.30 Å². The van der Waals surface area contributed by atoms with Gasteiger partial charge in [-0.15, -0.1) is 0 Å². The van der Waals surface area contributed by atoms with Crippen molar-refractivity contribution in [3.05, 3.63) is 58.1 Å². The second-order valence-corrected chi connectivity index (χ2v) is 13.7. The van der Waals surface area contributed by atoms with Gasteiger partial charge in [0.25, 0.3) is 5.91 Å². The number of nitrogens with one attached hydrogen (secondary N) is 1. The van der Waals surface area contributed by atoms with Gasteiger partial charge in [0.05, 0.1) is 18.8 Å². The number of aryl methyl sites for hydroxylation is 1. The summed E-state index contributed by atoms with van der Waals surface area (Å²) in [5.41, 5.74) is 0.537. The summed E-state index contributed by atoms with van der Waals surface area (Å²) in [6.45, 7) is 13.6. The van der Waals surface area contributed by atoms with Gasteiger partial charge in [-0.05, 0) is 73.7 Å². The number of nitriles is 1. The van der Waals surface area contributed by atoms with E-state index in [9.17, 15) is 14.9 Å². The molecular weight excluding hydrogens is 579 g/mol. The molecule has 11 nitrogen and oxygen atoms in total. The molecular formula is C32H49N6O5P. The van der Waals surface area contributed by atoms with Gasteiger partial charge >= 0.3 is 5.69 Å². The van der Waals surface area contributed by atoms with Gasteiger partial charge in [-0.1, -0.05) is 25.1 Å². The summed E-state index contributed by atoms with van der Waals surface area (Å²) in [4.78, 5) is 32.5. The quantitative estimate of drug-likeness (QED) is 0.198. The molecule has 242 valence electrons. The number of aromatic nitrogens is 2. The Morgan fingerprint density at radius 1 is 1.18 bits per heavy atom. The van der Waals surface area contributed by atoms with E-state index in [1.54, 1.807) is 37.4 Å². The number of likely N-dealkylation sites (N-methyl/N-ethyl adjacent to an activating group) is 1. The van der Waals surface area contributed by atoms with E-state index in [0.717, 1.165) is 12.6 Å². The Morgan fingerprint density at radius 2 is 1.86 bits per heavy atom. The van der Waals surface area contributed by atoms with Crippen LogP contribution in [0.4, 0.5) is 5.82 Å². The first-order valence-corrected chi connectivity index (χ1v) is 16.9. The summed E-state index contributed by atoms with van der Waals surface area (Å²) < 4.78 is 23.9. The van der Waals surface area contributed by atoms with E-state index in [2.05, 4.69) is 48.7 Å². The first-order chi connectivity index (χ1) is 21.0. The maximum Gasteiger partial charge on any atom is 0.351 e. The Hall–Kier alpha value is -2.71. The normalized spacial score (nSPS) is 20.9. The third kappa shape index (κ3) is 9.40. The molecule has 1 aliphatic rings. The van der Waals surface area contributed by atoms with Crippen molar-refractivity contribution in [2.75, 3.05) is 38.7 Å². The van der Waals surface area contributed by atoms with E-state index in [-0.39, 0.29) is 29.9 Å². The zero-order valence-corrected chi connectivity index (χ0v) is 28.3. The van der Waals surface area contributed by atoms with E-state index < -0.39 is 32.4 Å². The van der Waals surface area contributed by atoms with Crippen LogP contribution < -0.4 is 11.0 Å². The minimum atomic E-state index is -1.09. The van der Waals surface area contributed by atoms with Crippen molar-refractivity contribution < 1.29 is 18.8 Å². The summed E-state index contributed by atoms with van der Waals surface area (Å²) in [5, 5.41) is 12.0. The lowest BCUT2D eigenvalue weighted by Crippen LogP contribution is -2.42. The molecule has 0 aliphatic carbocycles. The van der Waals surface area contributed by atoms with Gasteiger partial charge in [-0.25, -0.2) is 4.79 Å². The molecule has 1 amide bonds. The topological polar surface area (TPSA) is 122 Å². The van der Waals surface area contributed by atoms with Crippen molar-refractivity contribution in [3.8, 4) is 6.07 Å². The van der Waals surface area contributed by atoms with Crippen molar-refractivity contribution >= 4 is 20.0 Å². The average molecular weight is 629 g/mol. The highest BCUT2D eigenvalue weighted by Crippen LogP contribution is 2.50. The Morgan fingerprint density at radius 3 is 2.45 bits per heavy atom. The second kappa shape index (κ2) is 17.1. The fraction of sp³-hybridized carbons (Fsp3) is 0.625. The number of hydrogen-bond donors (Lipinski definition) is 1. The van der Waals surface area contributed by atoms with Gasteiger partial charge in [-0.2, -0.15) is 10.2 Å². The van der Waals surface area contributed by atoms with Crippen LogP contribution in [0.15, 0.2) is 41.3 Å². The molecule has 2 aromatic rings. The smallest absolute Gasteiger partial charge is 0.351 e. The number of anilines is 1. The predicted molar refractivity (Wildman–Crippen MR) is 174 cm³/mol. The molecule has 12 heteroatoms. The van der Waals surface area contributed by atoms with E-state index in [1.165, 1.54) is 4.57 Å². The largest absolute Gasteiger partial charge is 0.369 e. The molecule has 5 atom stereocenters. The molecule has 1 aromatic carbocycles. The second-order valence-electron chi connectivity index (χ2n) is 11.9. The number of amides is 1. The summed E-state index contributed by atoms with van der Waals surface area (Å²) in [7, 11) is 2.87. The fourth-order valence-electron chi connectivity index (χ4n) is 5.35. The minimum Gasteiger partial charge on any atom is -0.369 e. The molecule has 1 fully saturated rings. The molecule has 1 saturated heterocycles. The standard InChI is InChI=1S/C32H49N6O5P/c1-9-26-27(43-44(20-14-13-17-33)38(22(2)3)23(4)5)28(41-19-18-36(7)8)31(42-26)37-21-24(6)29(35-32(37)40)34-30(39)25-15-11-10-12-16-25/h10-12,15-16,21-23,26-28,31H,9,13-14,18-20H2,1-8H3,(H,34,35,39,40)/t26-,27-,28-,31-,44?/m1/s1. The van der Waals surface area contributed by atoms with Crippen LogP contribution in [0.1, 0.15) is 76.0 Å². The SMILES string of the molecule is CC[C@H]1O[C@@H](n2cc(C)c(NC(=O)c3ccccc3)nc2=O)[C@H](OCCN(C)C)[C@@H]1OP(CCCC#N)N(C(C)C)C(C)C. The summed E-state index contributed by atoms with van der Waals surface area (Å²) in [5.74, 6) is -0.141. The van der Waals surface area contributed by atoms with Gasteiger partial charge < -0.3 is 24.2 Å². The number of nitrogens with zero attached hydrogens (tertiary/aromatic N) is 5. The van der Waals surface area contributed by atoms with E-state index in [1.807, 2.05) is 32.0 Å². The number of rotatable bonds is 16. The molecule has 1 N–H and O–H groups in total. The van der Waals surface area contributed by atoms with E-state index in [4.69, 9.17) is 14.0 Å². The number of benzene rings is 1. The van der Waals surface area contributed by atoms with Gasteiger partial charge in [0.2, 0.25) is 0 Å². The maximum absolute atomic E-state index is 13.5. The molecule has 1 aliphatic heterocycles. The molecule has 0 radical (unpaired) electrons. The number of carbonyl (C=O) groups excluding carboxylic acids is 1. The van der Waals surface area contributed by atoms with Crippen LogP contribution in [0.25, 0.3) is 0 Å². The van der Waals surface area contributed by atoms with Gasteiger partial charge in [0, 0.05) is 48.5 Å². The van der Waals surface area contributed by atoms with Crippen LogP contribution in [0, 0.1) is 18.3 Å². The predicted octanol–water partition coefficient (Wildman–Crippen LogP) is 5.18. The summed E-state index contributed by atoms with van der Waals surface area (Å²) in [6, 6.07) is 11.5. The van der Waals surface area contributed by atoms with Crippen LogP contribution in [-0.2, 0) is 14.0 Å². The van der Waals surface area contributed by atoms with Crippen molar-refractivity contribution in [2.24, 2.45) is 0 Å². The third-order valence-electron chi connectivity index (χ3n) is 7.41. The fourth-order valence-corrected chi connectivity index (χ4v) is 7.79. The average Bonchev–Trinajstić information content (AvgIpc) is 3.31. The lowest BCUT2D eigenvalue weighted by atomic mass is 10.1. The van der Waals surface area contributed by atoms with Crippen molar-refractivity contribution in [1.82, 2.24) is 19.1 Å². The Bertz CT molecular complexity index is 1290. The number of hydrogen-bond acceptors (Lipinski definition) is 9. The number of unbranched alkanes of at least 4 members (excludes halogenated alkanes) is 1. The zero-order valence-electron chi connectivity index (χ0n) is 27.4. The van der Waals surface area contributed by atoms with Crippen LogP contribution in [0.2, 0.25) is 0 Å². The molecule has 0 saturated carbocycles. The van der Waals surface area contributed by atoms with Gasteiger partial charge in [-0.3, -0.25) is 14.0 Å². The first-order valence-electron chi connectivity index (χ1n) is 15.5. The Kier molecular flexibility index (Phi) is 13.9. The Balaban J connectivity index is 1.96. The highest BCUT2D eigenvalue weighted by atomic mass is 31.2. The number of carbonyl (C=O) groups is 1. The first kappa shape index (κ1) is 35.8. The third-order valence-corrected chi connectivity index (χ3v) is 10.0.